The molecule has 0 aromatic heterocycles. The maximum atomic E-state index is 13.1. The molecule has 0 fully saturated rings. The molecular formula is C14H12BrClFNO2S. The number of hydrogen-bond donors (Lipinski definition) is 1. The van der Waals surface area contributed by atoms with Crippen molar-refractivity contribution in [3.63, 3.8) is 0 Å². The third-order valence-electron chi connectivity index (χ3n) is 2.83. The van der Waals surface area contributed by atoms with E-state index in [1.165, 1.54) is 24.3 Å². The van der Waals surface area contributed by atoms with Crippen LogP contribution < -0.4 is 4.72 Å². The van der Waals surface area contributed by atoms with E-state index in [-0.39, 0.29) is 16.5 Å². The zero-order valence-corrected chi connectivity index (χ0v) is 14.2. The van der Waals surface area contributed by atoms with Gasteiger partial charge >= 0.3 is 0 Å². The van der Waals surface area contributed by atoms with Crippen LogP contribution in [0.25, 0.3) is 0 Å². The van der Waals surface area contributed by atoms with Crippen LogP contribution in [0.1, 0.15) is 11.1 Å². The molecule has 0 amide bonds. The summed E-state index contributed by atoms with van der Waals surface area (Å²) >= 11 is 8.90. The molecule has 0 atom stereocenters. The van der Waals surface area contributed by atoms with E-state index in [0.29, 0.717) is 10.0 Å². The fourth-order valence-electron chi connectivity index (χ4n) is 1.73. The van der Waals surface area contributed by atoms with Crippen LogP contribution in [0.15, 0.2) is 45.8 Å². The molecule has 3 nitrogen and oxygen atoms in total. The topological polar surface area (TPSA) is 46.2 Å². The minimum absolute atomic E-state index is 0.0304. The van der Waals surface area contributed by atoms with Crippen molar-refractivity contribution in [1.82, 2.24) is 4.72 Å². The van der Waals surface area contributed by atoms with Crippen LogP contribution in [0, 0.1) is 12.7 Å². The van der Waals surface area contributed by atoms with Crippen LogP contribution in [0.2, 0.25) is 5.02 Å². The number of rotatable bonds is 4. The normalized spacial score (nSPS) is 11.6. The first-order valence-electron chi connectivity index (χ1n) is 5.99. The molecule has 0 aliphatic carbocycles. The van der Waals surface area contributed by atoms with E-state index in [2.05, 4.69) is 20.7 Å². The quantitative estimate of drug-likeness (QED) is 0.854. The summed E-state index contributed by atoms with van der Waals surface area (Å²) in [5.74, 6) is -0.537. The second-order valence-electron chi connectivity index (χ2n) is 4.51. The van der Waals surface area contributed by atoms with Gasteiger partial charge in [-0.3, -0.25) is 0 Å². The number of nitrogens with one attached hydrogen (secondary N) is 1. The molecule has 21 heavy (non-hydrogen) atoms. The number of halogens is 3. The zero-order valence-electron chi connectivity index (χ0n) is 11.0. The van der Waals surface area contributed by atoms with Crippen molar-refractivity contribution in [2.24, 2.45) is 0 Å². The highest BCUT2D eigenvalue weighted by molar-refractivity contribution is 9.10. The van der Waals surface area contributed by atoms with Gasteiger partial charge in [-0.25, -0.2) is 17.5 Å². The Morgan fingerprint density at radius 3 is 2.57 bits per heavy atom. The zero-order chi connectivity index (χ0) is 15.6. The summed E-state index contributed by atoms with van der Waals surface area (Å²) in [7, 11) is -3.66. The molecule has 2 aromatic rings. The standard InChI is InChI=1S/C14H12BrClFNO2S/c1-9-2-5-14(11(15)6-9)21(19,20)18-8-10-3-4-13(17)12(16)7-10/h2-7,18H,8H2,1H3. The maximum absolute atomic E-state index is 13.1. The first-order valence-corrected chi connectivity index (χ1v) is 8.65. The van der Waals surface area contributed by atoms with Gasteiger partial charge in [-0.15, -0.1) is 0 Å². The summed E-state index contributed by atoms with van der Waals surface area (Å²) in [5, 5.41) is -0.0387. The van der Waals surface area contributed by atoms with E-state index in [9.17, 15) is 12.8 Å². The van der Waals surface area contributed by atoms with Crippen molar-refractivity contribution < 1.29 is 12.8 Å². The maximum Gasteiger partial charge on any atom is 0.241 e. The molecule has 0 unspecified atom stereocenters. The van der Waals surface area contributed by atoms with Gasteiger partial charge in [0.2, 0.25) is 10.0 Å². The predicted octanol–water partition coefficient (Wildman–Crippen LogP) is 4.03. The largest absolute Gasteiger partial charge is 0.241 e. The van der Waals surface area contributed by atoms with Gasteiger partial charge < -0.3 is 0 Å². The van der Waals surface area contributed by atoms with Gasteiger partial charge in [0.15, 0.2) is 0 Å². The predicted molar refractivity (Wildman–Crippen MR) is 84.3 cm³/mol. The Labute approximate surface area is 136 Å². The Bertz CT molecular complexity index is 781. The van der Waals surface area contributed by atoms with Gasteiger partial charge in [-0.05, 0) is 58.2 Å². The van der Waals surface area contributed by atoms with Crippen LogP contribution in [-0.2, 0) is 16.6 Å². The van der Waals surface area contributed by atoms with Crippen LogP contribution in [0.4, 0.5) is 4.39 Å². The summed E-state index contributed by atoms with van der Waals surface area (Å²) < 4.78 is 40.5. The molecule has 112 valence electrons. The highest BCUT2D eigenvalue weighted by atomic mass is 79.9. The second-order valence-corrected chi connectivity index (χ2v) is 7.50. The number of hydrogen-bond acceptors (Lipinski definition) is 2. The van der Waals surface area contributed by atoms with Crippen molar-refractivity contribution >= 4 is 37.6 Å². The highest BCUT2D eigenvalue weighted by Crippen LogP contribution is 2.23. The Morgan fingerprint density at radius 1 is 1.24 bits per heavy atom. The van der Waals surface area contributed by atoms with E-state index in [0.717, 1.165) is 5.56 Å². The smallest absolute Gasteiger partial charge is 0.207 e. The van der Waals surface area contributed by atoms with E-state index in [4.69, 9.17) is 11.6 Å². The summed E-state index contributed by atoms with van der Waals surface area (Å²) in [5.41, 5.74) is 1.53. The third-order valence-corrected chi connectivity index (χ3v) is 5.49. The summed E-state index contributed by atoms with van der Waals surface area (Å²) in [6.45, 7) is 1.90. The molecule has 0 heterocycles. The molecule has 0 saturated carbocycles. The van der Waals surface area contributed by atoms with E-state index < -0.39 is 15.8 Å². The molecule has 0 aliphatic rings. The Balaban J connectivity index is 2.19. The SMILES string of the molecule is Cc1ccc(S(=O)(=O)NCc2ccc(F)c(Cl)c2)c(Br)c1. The number of aryl methyl sites for hydroxylation is 1. The van der Waals surface area contributed by atoms with E-state index in [1.807, 2.05) is 6.92 Å². The fourth-order valence-corrected chi connectivity index (χ4v) is 4.14. The lowest BCUT2D eigenvalue weighted by Crippen LogP contribution is -2.23. The van der Waals surface area contributed by atoms with Crippen molar-refractivity contribution in [3.8, 4) is 0 Å². The molecule has 0 radical (unpaired) electrons. The molecule has 0 spiro atoms. The molecule has 0 saturated heterocycles. The minimum Gasteiger partial charge on any atom is -0.207 e. The van der Waals surface area contributed by atoms with Gasteiger partial charge in [-0.1, -0.05) is 23.7 Å². The fraction of sp³-hybridized carbons (Fsp3) is 0.143. The third kappa shape index (κ3) is 4.03. The van der Waals surface area contributed by atoms with Crippen LogP contribution in [0.3, 0.4) is 0 Å². The first-order chi connectivity index (χ1) is 9.79. The molecule has 0 bridgehead atoms. The summed E-state index contributed by atoms with van der Waals surface area (Å²) in [4.78, 5) is 0.154. The van der Waals surface area contributed by atoms with Crippen molar-refractivity contribution in [2.75, 3.05) is 0 Å². The van der Waals surface area contributed by atoms with Crippen molar-refractivity contribution in [3.05, 3.63) is 62.8 Å². The van der Waals surface area contributed by atoms with Crippen molar-refractivity contribution in [2.45, 2.75) is 18.4 Å². The molecule has 0 aliphatic heterocycles. The first kappa shape index (κ1) is 16.4. The summed E-state index contributed by atoms with van der Waals surface area (Å²) in [6, 6.07) is 9.04. The Hall–Kier alpha value is -0.950. The van der Waals surface area contributed by atoms with E-state index >= 15 is 0 Å². The molecule has 2 aromatic carbocycles. The van der Waals surface area contributed by atoms with Crippen molar-refractivity contribution in [1.29, 1.82) is 0 Å². The Kier molecular flexibility index (Phi) is 5.03. The summed E-state index contributed by atoms with van der Waals surface area (Å²) in [6.07, 6.45) is 0. The number of sulfonamides is 1. The number of benzene rings is 2. The van der Waals surface area contributed by atoms with Gasteiger partial charge in [0, 0.05) is 11.0 Å². The molecule has 7 heteroatoms. The minimum atomic E-state index is -3.66. The van der Waals surface area contributed by atoms with Gasteiger partial charge in [0.1, 0.15) is 5.82 Å². The van der Waals surface area contributed by atoms with E-state index in [1.54, 1.807) is 12.1 Å². The molecular weight excluding hydrogens is 381 g/mol. The van der Waals surface area contributed by atoms with Gasteiger partial charge in [0.05, 0.1) is 9.92 Å². The van der Waals surface area contributed by atoms with Crippen LogP contribution >= 0.6 is 27.5 Å². The average Bonchev–Trinajstić information content (AvgIpc) is 2.40. The average molecular weight is 393 g/mol. The lowest BCUT2D eigenvalue weighted by molar-refractivity contribution is 0.580. The molecule has 2 rings (SSSR count). The van der Waals surface area contributed by atoms with Gasteiger partial charge in [-0.2, -0.15) is 0 Å². The second kappa shape index (κ2) is 6.44. The Morgan fingerprint density at radius 2 is 1.95 bits per heavy atom. The van der Waals surface area contributed by atoms with Gasteiger partial charge in [0.25, 0.3) is 0 Å². The lowest BCUT2D eigenvalue weighted by atomic mass is 10.2. The highest BCUT2D eigenvalue weighted by Gasteiger charge is 2.17. The van der Waals surface area contributed by atoms with Crippen LogP contribution in [-0.4, -0.2) is 8.42 Å². The van der Waals surface area contributed by atoms with Crippen LogP contribution in [0.5, 0.6) is 0 Å². The monoisotopic (exact) mass is 391 g/mol. The molecule has 1 N–H and O–H groups in total. The lowest BCUT2D eigenvalue weighted by Gasteiger charge is -2.09.